The van der Waals surface area contributed by atoms with Crippen molar-refractivity contribution in [3.63, 3.8) is 0 Å². The van der Waals surface area contributed by atoms with Crippen LogP contribution in [0.4, 0.5) is 5.82 Å². The lowest BCUT2D eigenvalue weighted by Gasteiger charge is -2.08. The van der Waals surface area contributed by atoms with Crippen LogP contribution in [0.5, 0.6) is 0 Å². The highest BCUT2D eigenvalue weighted by atomic mass is 35.5. The summed E-state index contributed by atoms with van der Waals surface area (Å²) in [6, 6.07) is 5.68. The smallest absolute Gasteiger partial charge is 0.238 e. The number of aryl methyl sites for hydroxylation is 1. The zero-order chi connectivity index (χ0) is 17.1. The largest absolute Gasteiger partial charge is 0.281 e. The molecule has 0 saturated carbocycles. The number of anilines is 1. The van der Waals surface area contributed by atoms with Crippen molar-refractivity contribution in [2.45, 2.75) is 26.7 Å². The van der Waals surface area contributed by atoms with Crippen molar-refractivity contribution < 1.29 is 4.79 Å². The molecule has 0 bridgehead atoms. The summed E-state index contributed by atoms with van der Waals surface area (Å²) in [5.41, 5.74) is 7.87. The average molecular weight is 345 g/mol. The van der Waals surface area contributed by atoms with Crippen LogP contribution in [0, 0.1) is 6.92 Å². The van der Waals surface area contributed by atoms with Gasteiger partial charge >= 0.3 is 0 Å². The summed E-state index contributed by atoms with van der Waals surface area (Å²) in [4.78, 5) is 20.0. The van der Waals surface area contributed by atoms with Crippen molar-refractivity contribution in [1.29, 1.82) is 0 Å². The highest BCUT2D eigenvalue weighted by Gasteiger charge is 2.12. The van der Waals surface area contributed by atoms with E-state index in [-0.39, 0.29) is 5.91 Å². The first-order valence-corrected chi connectivity index (χ1v) is 7.98. The first-order valence-electron chi connectivity index (χ1n) is 7.60. The maximum Gasteiger partial charge on any atom is 0.238 e. The fourth-order valence-electron chi connectivity index (χ4n) is 2.26. The van der Waals surface area contributed by atoms with Crippen LogP contribution < -0.4 is 10.9 Å². The molecule has 8 heteroatoms. The molecule has 24 heavy (non-hydrogen) atoms. The molecule has 0 spiro atoms. The van der Waals surface area contributed by atoms with E-state index in [4.69, 9.17) is 11.6 Å². The van der Waals surface area contributed by atoms with Crippen LogP contribution in [0.3, 0.4) is 0 Å². The number of carbonyl (C=O) groups excluding carboxylic acids is 1. The second-order valence-electron chi connectivity index (χ2n) is 5.37. The minimum atomic E-state index is -0.0954. The Hall–Kier alpha value is -2.67. The summed E-state index contributed by atoms with van der Waals surface area (Å²) in [5.74, 6) is 0.399. The summed E-state index contributed by atoms with van der Waals surface area (Å²) < 4.78 is 1.68. The molecule has 1 amide bonds. The summed E-state index contributed by atoms with van der Waals surface area (Å²) in [6.07, 6.45) is 4.29. The second kappa shape index (κ2) is 6.84. The summed E-state index contributed by atoms with van der Waals surface area (Å²) in [7, 11) is 0. The van der Waals surface area contributed by atoms with E-state index in [2.05, 4.69) is 25.9 Å². The Morgan fingerprint density at radius 2 is 2.17 bits per heavy atom. The fourth-order valence-corrected chi connectivity index (χ4v) is 2.44. The lowest BCUT2D eigenvalue weighted by molar-refractivity contribution is -0.120. The van der Waals surface area contributed by atoms with Crippen LogP contribution in [0.1, 0.15) is 25.3 Å². The molecule has 0 fully saturated rings. The lowest BCUT2D eigenvalue weighted by atomic mass is 10.2. The number of hydrogen-bond donors (Lipinski definition) is 2. The zero-order valence-electron chi connectivity index (χ0n) is 13.4. The van der Waals surface area contributed by atoms with Crippen LogP contribution in [0.2, 0.25) is 5.02 Å². The van der Waals surface area contributed by atoms with E-state index in [1.54, 1.807) is 10.9 Å². The molecule has 124 valence electrons. The van der Waals surface area contributed by atoms with Gasteiger partial charge < -0.3 is 0 Å². The van der Waals surface area contributed by atoms with Crippen molar-refractivity contribution in [2.24, 2.45) is 0 Å². The number of nitrogens with zero attached hydrogens (tertiary/aromatic N) is 4. The van der Waals surface area contributed by atoms with Crippen LogP contribution >= 0.6 is 11.6 Å². The molecule has 2 N–H and O–H groups in total. The Balaban J connectivity index is 1.94. The third-order valence-corrected chi connectivity index (χ3v) is 3.97. The van der Waals surface area contributed by atoms with Crippen molar-refractivity contribution >= 4 is 34.4 Å². The van der Waals surface area contributed by atoms with Crippen molar-refractivity contribution in [3.05, 3.63) is 41.3 Å². The molecule has 0 aliphatic rings. The number of hydrazine groups is 1. The predicted octanol–water partition coefficient (Wildman–Crippen LogP) is 3.02. The van der Waals surface area contributed by atoms with Crippen LogP contribution in [0.15, 0.2) is 30.7 Å². The SMILES string of the molecule is CCCC(=O)NNc1ncnc2c1cnn2-c1ccc(C)c(Cl)c1. The van der Waals surface area contributed by atoms with Gasteiger partial charge in [0.25, 0.3) is 0 Å². The third kappa shape index (κ3) is 3.16. The first-order chi connectivity index (χ1) is 11.6. The molecule has 3 rings (SSSR count). The molecule has 2 heterocycles. The first kappa shape index (κ1) is 16.2. The Labute approximate surface area is 144 Å². The van der Waals surface area contributed by atoms with Gasteiger partial charge in [0.1, 0.15) is 6.33 Å². The quantitative estimate of drug-likeness (QED) is 0.695. The van der Waals surface area contributed by atoms with Crippen molar-refractivity contribution in [1.82, 2.24) is 25.2 Å². The molecule has 0 radical (unpaired) electrons. The molecule has 1 aromatic carbocycles. The second-order valence-corrected chi connectivity index (χ2v) is 5.78. The molecule has 3 aromatic rings. The molecule has 0 atom stereocenters. The van der Waals surface area contributed by atoms with E-state index in [1.807, 2.05) is 32.0 Å². The van der Waals surface area contributed by atoms with Gasteiger partial charge in [-0.3, -0.25) is 15.6 Å². The number of aromatic nitrogens is 4. The van der Waals surface area contributed by atoms with E-state index < -0.39 is 0 Å². The predicted molar refractivity (Wildman–Crippen MR) is 93.1 cm³/mol. The Kier molecular flexibility index (Phi) is 4.61. The summed E-state index contributed by atoms with van der Waals surface area (Å²) in [5, 5.41) is 5.73. The maximum absolute atomic E-state index is 11.6. The number of nitrogens with one attached hydrogen (secondary N) is 2. The molecule has 0 saturated heterocycles. The van der Waals surface area contributed by atoms with Gasteiger partial charge in [-0.15, -0.1) is 0 Å². The van der Waals surface area contributed by atoms with Crippen molar-refractivity contribution in [2.75, 3.05) is 5.43 Å². The van der Waals surface area contributed by atoms with E-state index in [0.29, 0.717) is 28.3 Å². The Bertz CT molecular complexity index is 891. The topological polar surface area (TPSA) is 84.7 Å². The molecule has 7 nitrogen and oxygen atoms in total. The number of hydrogen-bond acceptors (Lipinski definition) is 5. The molecular weight excluding hydrogens is 328 g/mol. The van der Waals surface area contributed by atoms with Gasteiger partial charge in [-0.05, 0) is 31.0 Å². The number of fused-ring (bicyclic) bond motifs is 1. The minimum absolute atomic E-state index is 0.0954. The Morgan fingerprint density at radius 1 is 1.33 bits per heavy atom. The molecule has 0 unspecified atom stereocenters. The number of rotatable bonds is 5. The Morgan fingerprint density at radius 3 is 2.92 bits per heavy atom. The van der Waals surface area contributed by atoms with Gasteiger partial charge in [0.15, 0.2) is 11.5 Å². The number of carbonyl (C=O) groups is 1. The number of benzene rings is 1. The van der Waals surface area contributed by atoms with Crippen molar-refractivity contribution in [3.8, 4) is 5.69 Å². The normalized spacial score (nSPS) is 10.8. The molecule has 2 aromatic heterocycles. The van der Waals surface area contributed by atoms with Crippen LogP contribution in [-0.2, 0) is 4.79 Å². The highest BCUT2D eigenvalue weighted by molar-refractivity contribution is 6.31. The monoisotopic (exact) mass is 344 g/mol. The van der Waals surface area contributed by atoms with Gasteiger partial charge in [0, 0.05) is 11.4 Å². The highest BCUT2D eigenvalue weighted by Crippen LogP contribution is 2.24. The van der Waals surface area contributed by atoms with Gasteiger partial charge in [0.2, 0.25) is 5.91 Å². The standard InChI is InChI=1S/C16H17ClN6O/c1-3-4-14(24)21-22-15-12-8-20-23(16(12)19-9-18-15)11-6-5-10(2)13(17)7-11/h5-9H,3-4H2,1-2H3,(H,21,24)(H,18,19,22). The van der Waals surface area contributed by atoms with Gasteiger partial charge in [-0.2, -0.15) is 5.10 Å². The minimum Gasteiger partial charge on any atom is -0.281 e. The molecule has 0 aliphatic heterocycles. The van der Waals surface area contributed by atoms with Gasteiger partial charge in [-0.1, -0.05) is 24.6 Å². The zero-order valence-corrected chi connectivity index (χ0v) is 14.1. The van der Waals surface area contributed by atoms with Gasteiger partial charge in [0.05, 0.1) is 17.3 Å². The molecular formula is C16H17ClN6O. The van der Waals surface area contributed by atoms with E-state index in [0.717, 1.165) is 17.7 Å². The van der Waals surface area contributed by atoms with Crippen LogP contribution in [0.25, 0.3) is 16.7 Å². The fraction of sp³-hybridized carbons (Fsp3) is 0.250. The van der Waals surface area contributed by atoms with Crippen LogP contribution in [-0.4, -0.2) is 25.7 Å². The van der Waals surface area contributed by atoms with E-state index in [9.17, 15) is 4.79 Å². The lowest BCUT2D eigenvalue weighted by Crippen LogP contribution is -2.29. The maximum atomic E-state index is 11.6. The summed E-state index contributed by atoms with van der Waals surface area (Å²) in [6.45, 7) is 3.88. The third-order valence-electron chi connectivity index (χ3n) is 3.56. The van der Waals surface area contributed by atoms with Gasteiger partial charge in [-0.25, -0.2) is 14.6 Å². The molecule has 0 aliphatic carbocycles. The van der Waals surface area contributed by atoms with E-state index in [1.165, 1.54) is 6.33 Å². The number of halogens is 1. The average Bonchev–Trinajstić information content (AvgIpc) is 3.00. The summed E-state index contributed by atoms with van der Waals surface area (Å²) >= 11 is 6.19. The number of amides is 1. The van der Waals surface area contributed by atoms with E-state index >= 15 is 0 Å².